The summed E-state index contributed by atoms with van der Waals surface area (Å²) in [5.41, 5.74) is 4.38. The third-order valence-corrected chi connectivity index (χ3v) is 8.67. The lowest BCUT2D eigenvalue weighted by Crippen LogP contribution is -2.40. The first-order valence-corrected chi connectivity index (χ1v) is 15.6. The molecule has 236 valence electrons. The van der Waals surface area contributed by atoms with Gasteiger partial charge < -0.3 is 30.1 Å². The number of aromatic nitrogens is 3. The van der Waals surface area contributed by atoms with Crippen molar-refractivity contribution in [2.24, 2.45) is 0 Å². The van der Waals surface area contributed by atoms with Crippen molar-refractivity contribution in [3.05, 3.63) is 94.6 Å². The summed E-state index contributed by atoms with van der Waals surface area (Å²) in [4.78, 5) is 31.0. The lowest BCUT2D eigenvalue weighted by molar-refractivity contribution is 0.102. The second kappa shape index (κ2) is 13.5. The molecule has 2 aromatic heterocycles. The fourth-order valence-electron chi connectivity index (χ4n) is 5.74. The summed E-state index contributed by atoms with van der Waals surface area (Å²) in [6, 6.07) is 22.0. The second-order valence-electron chi connectivity index (χ2n) is 10.9. The molecule has 3 aromatic carbocycles. The van der Waals surface area contributed by atoms with E-state index in [0.717, 1.165) is 39.3 Å². The van der Waals surface area contributed by atoms with E-state index in [9.17, 15) is 14.7 Å². The molecule has 6 rings (SSSR count). The number of methoxy groups -OCH3 is 2. The Bertz CT molecular complexity index is 1880. The highest BCUT2D eigenvalue weighted by molar-refractivity contribution is 9.10. The first-order chi connectivity index (χ1) is 22.4. The van der Waals surface area contributed by atoms with E-state index < -0.39 is 6.09 Å². The highest BCUT2D eigenvalue weighted by Crippen LogP contribution is 2.39. The number of pyridine rings is 1. The predicted octanol–water partition coefficient (Wildman–Crippen LogP) is 7.06. The van der Waals surface area contributed by atoms with Crippen LogP contribution in [0.2, 0.25) is 0 Å². The van der Waals surface area contributed by atoms with Crippen molar-refractivity contribution < 1.29 is 24.2 Å². The third kappa shape index (κ3) is 6.34. The highest BCUT2D eigenvalue weighted by atomic mass is 79.9. The molecule has 11 nitrogen and oxygen atoms in total. The molecule has 3 heterocycles. The molecule has 0 spiro atoms. The topological polar surface area (TPSA) is 131 Å². The van der Waals surface area contributed by atoms with Gasteiger partial charge in [0.25, 0.3) is 5.91 Å². The number of carbonyl (C=O) groups excluding carboxylic acids is 1. The van der Waals surface area contributed by atoms with Crippen molar-refractivity contribution >= 4 is 50.3 Å². The number of nitrogens with zero attached hydrogens (tertiary/aromatic N) is 4. The van der Waals surface area contributed by atoms with E-state index in [1.54, 1.807) is 32.5 Å². The number of benzene rings is 3. The maximum absolute atomic E-state index is 13.0. The van der Waals surface area contributed by atoms with Gasteiger partial charge in [-0.25, -0.2) is 9.78 Å². The monoisotopic (exact) mass is 684 g/mol. The van der Waals surface area contributed by atoms with Gasteiger partial charge in [-0.2, -0.15) is 5.10 Å². The van der Waals surface area contributed by atoms with Gasteiger partial charge in [0.1, 0.15) is 23.0 Å². The fourth-order valence-corrected chi connectivity index (χ4v) is 6.23. The minimum absolute atomic E-state index is 0.176. The summed E-state index contributed by atoms with van der Waals surface area (Å²) in [5.74, 6) is 1.76. The minimum Gasteiger partial charge on any atom is -0.497 e. The second-order valence-corrected chi connectivity index (χ2v) is 11.8. The van der Waals surface area contributed by atoms with Crippen LogP contribution in [0.25, 0.3) is 22.2 Å². The van der Waals surface area contributed by atoms with Crippen LogP contribution < -0.4 is 20.1 Å². The van der Waals surface area contributed by atoms with Gasteiger partial charge in [0, 0.05) is 54.3 Å². The molecule has 3 N–H and O–H groups in total. The van der Waals surface area contributed by atoms with Crippen LogP contribution in [-0.2, 0) is 6.54 Å². The van der Waals surface area contributed by atoms with E-state index >= 15 is 0 Å². The van der Waals surface area contributed by atoms with Crippen LogP contribution >= 0.6 is 15.9 Å². The number of likely N-dealkylation sites (tertiary alicyclic amines) is 1. The molecule has 0 saturated carbocycles. The van der Waals surface area contributed by atoms with Gasteiger partial charge in [0.15, 0.2) is 0 Å². The number of carbonyl (C=O) groups is 2. The summed E-state index contributed by atoms with van der Waals surface area (Å²) in [6.45, 7) is 1.23. The molecule has 0 bridgehead atoms. The number of anilines is 2. The molecular formula is C34H33BrN6O5. The molecule has 1 unspecified atom stereocenters. The number of hydrogen-bond donors (Lipinski definition) is 3. The van der Waals surface area contributed by atoms with E-state index in [2.05, 4.69) is 26.6 Å². The molecule has 0 radical (unpaired) electrons. The Morgan fingerprint density at radius 2 is 1.83 bits per heavy atom. The maximum atomic E-state index is 13.0. The van der Waals surface area contributed by atoms with Crippen LogP contribution in [0, 0.1) is 0 Å². The molecule has 1 fully saturated rings. The maximum Gasteiger partial charge on any atom is 0.407 e. The van der Waals surface area contributed by atoms with Crippen LogP contribution in [0.3, 0.4) is 0 Å². The molecule has 46 heavy (non-hydrogen) atoms. The number of halogens is 1. The quantitative estimate of drug-likeness (QED) is 0.150. The van der Waals surface area contributed by atoms with Crippen molar-refractivity contribution in [1.82, 2.24) is 19.7 Å². The first kappa shape index (κ1) is 30.9. The predicted molar refractivity (Wildman–Crippen MR) is 180 cm³/mol. The van der Waals surface area contributed by atoms with E-state index in [-0.39, 0.29) is 11.9 Å². The van der Waals surface area contributed by atoms with E-state index in [0.29, 0.717) is 53.9 Å². The van der Waals surface area contributed by atoms with Gasteiger partial charge in [0.05, 0.1) is 35.6 Å². The molecule has 1 aliphatic heterocycles. The number of ether oxygens (including phenoxy) is 2. The molecule has 12 heteroatoms. The summed E-state index contributed by atoms with van der Waals surface area (Å²) in [6.07, 6.45) is 2.29. The standard InChI is InChI=1S/C34H33BrN6O5/c1-45-26-15-14-23(28(17-26)46-2)18-36-32-29-30(21-10-12-22(13-11-21)33(42)38-24-7-4-3-5-8-24)39-41(31(29)27(35)19-37-32)25-9-6-16-40(20-25)34(43)44/h3-5,7-8,10-15,17,19,25H,6,9,16,18,20H2,1-2H3,(H,36,37)(H,38,42)(H,43,44). The van der Waals surface area contributed by atoms with Crippen LogP contribution in [0.15, 0.2) is 83.5 Å². The number of hydrogen-bond acceptors (Lipinski definition) is 7. The van der Waals surface area contributed by atoms with E-state index in [1.165, 1.54) is 4.90 Å². The average molecular weight is 686 g/mol. The zero-order valence-electron chi connectivity index (χ0n) is 25.4. The van der Waals surface area contributed by atoms with Crippen molar-refractivity contribution in [3.8, 4) is 22.8 Å². The summed E-state index contributed by atoms with van der Waals surface area (Å²) < 4.78 is 13.6. The van der Waals surface area contributed by atoms with Crippen LogP contribution in [0.5, 0.6) is 11.5 Å². The largest absolute Gasteiger partial charge is 0.497 e. The SMILES string of the molecule is COc1ccc(CNc2ncc(Br)c3c2c(-c2ccc(C(=O)Nc4ccccc4)cc2)nn3C2CCCN(C(=O)O)C2)c(OC)c1. The first-order valence-electron chi connectivity index (χ1n) is 14.8. The smallest absolute Gasteiger partial charge is 0.407 e. The Kier molecular flexibility index (Phi) is 9.06. The van der Waals surface area contributed by atoms with E-state index in [4.69, 9.17) is 19.6 Å². The Morgan fingerprint density at radius 1 is 1.04 bits per heavy atom. The van der Waals surface area contributed by atoms with Crippen molar-refractivity contribution in [1.29, 1.82) is 0 Å². The number of carboxylic acid groups (broad SMARTS) is 1. The van der Waals surface area contributed by atoms with E-state index in [1.807, 2.05) is 65.3 Å². The summed E-state index contributed by atoms with van der Waals surface area (Å²) in [5, 5.41) is 22.0. The fraction of sp³-hybridized carbons (Fsp3) is 0.235. The number of rotatable bonds is 9. The van der Waals surface area contributed by atoms with Crippen LogP contribution in [0.4, 0.5) is 16.3 Å². The zero-order chi connectivity index (χ0) is 32.2. The number of nitrogens with one attached hydrogen (secondary N) is 2. The molecule has 5 aromatic rings. The van der Waals surface area contributed by atoms with Gasteiger partial charge in [-0.15, -0.1) is 0 Å². The highest BCUT2D eigenvalue weighted by Gasteiger charge is 2.29. The van der Waals surface area contributed by atoms with Gasteiger partial charge in [-0.1, -0.05) is 30.3 Å². The van der Waals surface area contributed by atoms with Crippen molar-refractivity contribution in [2.75, 3.05) is 37.9 Å². The van der Waals surface area contributed by atoms with Gasteiger partial charge in [-0.05, 0) is 65.2 Å². The molecule has 1 saturated heterocycles. The average Bonchev–Trinajstić information content (AvgIpc) is 3.50. The van der Waals surface area contributed by atoms with Crippen molar-refractivity contribution in [3.63, 3.8) is 0 Å². The summed E-state index contributed by atoms with van der Waals surface area (Å²) in [7, 11) is 3.23. The molecule has 1 atom stereocenters. The minimum atomic E-state index is -0.942. The number of piperidine rings is 1. The normalized spacial score (nSPS) is 14.6. The molecule has 1 aliphatic rings. The van der Waals surface area contributed by atoms with Gasteiger partial charge in [0.2, 0.25) is 0 Å². The number of amides is 2. The van der Waals surface area contributed by atoms with Crippen molar-refractivity contribution in [2.45, 2.75) is 25.4 Å². The lowest BCUT2D eigenvalue weighted by atomic mass is 10.0. The Labute approximate surface area is 274 Å². The molecule has 2 amide bonds. The Morgan fingerprint density at radius 3 is 2.54 bits per heavy atom. The number of fused-ring (bicyclic) bond motifs is 1. The third-order valence-electron chi connectivity index (χ3n) is 8.09. The lowest BCUT2D eigenvalue weighted by Gasteiger charge is -2.31. The zero-order valence-corrected chi connectivity index (χ0v) is 27.0. The van der Waals surface area contributed by atoms with Gasteiger partial charge >= 0.3 is 6.09 Å². The molecule has 0 aliphatic carbocycles. The van der Waals surface area contributed by atoms with Crippen LogP contribution in [-0.4, -0.2) is 64.1 Å². The summed E-state index contributed by atoms with van der Waals surface area (Å²) >= 11 is 3.71. The molecular weight excluding hydrogens is 652 g/mol. The van der Waals surface area contributed by atoms with Crippen LogP contribution in [0.1, 0.15) is 34.8 Å². The Balaban J connectivity index is 1.40. The number of para-hydroxylation sites is 1. The van der Waals surface area contributed by atoms with Gasteiger partial charge in [-0.3, -0.25) is 9.48 Å². The Hall–Kier alpha value is -5.10.